The number of anilines is 2. The van der Waals surface area contributed by atoms with Crippen molar-refractivity contribution in [1.29, 1.82) is 0 Å². The Morgan fingerprint density at radius 3 is 2.77 bits per heavy atom. The van der Waals surface area contributed by atoms with Gasteiger partial charge in [0.15, 0.2) is 11.5 Å². The lowest BCUT2D eigenvalue weighted by molar-refractivity contribution is -0.117. The van der Waals surface area contributed by atoms with Gasteiger partial charge in [0.1, 0.15) is 13.2 Å². The van der Waals surface area contributed by atoms with Crippen LogP contribution in [-0.2, 0) is 9.59 Å². The van der Waals surface area contributed by atoms with Gasteiger partial charge >= 0.3 is 0 Å². The highest BCUT2D eigenvalue weighted by Gasteiger charge is 2.23. The first-order valence-corrected chi connectivity index (χ1v) is 9.93. The summed E-state index contributed by atoms with van der Waals surface area (Å²) >= 11 is 0. The minimum absolute atomic E-state index is 0.146. The molecular formula is C23H24N2O5. The van der Waals surface area contributed by atoms with E-state index < -0.39 is 0 Å². The van der Waals surface area contributed by atoms with Crippen LogP contribution in [0.2, 0.25) is 0 Å². The number of hydrogen-bond acceptors (Lipinski definition) is 5. The molecule has 2 amide bonds. The van der Waals surface area contributed by atoms with Crippen LogP contribution in [0.3, 0.4) is 0 Å². The van der Waals surface area contributed by atoms with Gasteiger partial charge in [0.05, 0.1) is 7.11 Å². The molecule has 0 saturated carbocycles. The van der Waals surface area contributed by atoms with E-state index in [-0.39, 0.29) is 11.8 Å². The molecule has 2 aliphatic rings. The Hall–Kier alpha value is -3.48. The molecule has 1 saturated heterocycles. The molecule has 156 valence electrons. The third-order valence-corrected chi connectivity index (χ3v) is 5.11. The standard InChI is InChI=1S/C23H24N2O5/c1-15-12-17(6-7-18(15)25-9-3-4-22(25)27)24-21(26)8-5-16-13-19(28-2)23-20(14-16)29-10-11-30-23/h5-8,12-14H,3-4,9-11H2,1-2H3,(H,24,26). The van der Waals surface area contributed by atoms with Crippen molar-refractivity contribution in [1.82, 2.24) is 0 Å². The fourth-order valence-electron chi connectivity index (χ4n) is 3.68. The molecule has 0 bridgehead atoms. The molecule has 0 spiro atoms. The third kappa shape index (κ3) is 4.10. The molecule has 0 aliphatic carbocycles. The number of amides is 2. The summed E-state index contributed by atoms with van der Waals surface area (Å²) in [6.45, 7) is 3.63. The Kier molecular flexibility index (Phi) is 5.61. The lowest BCUT2D eigenvalue weighted by Crippen LogP contribution is -2.24. The first-order chi connectivity index (χ1) is 14.5. The number of benzene rings is 2. The maximum atomic E-state index is 12.4. The van der Waals surface area contributed by atoms with E-state index in [1.54, 1.807) is 24.2 Å². The monoisotopic (exact) mass is 408 g/mol. The van der Waals surface area contributed by atoms with Crippen molar-refractivity contribution in [2.75, 3.05) is 37.1 Å². The largest absolute Gasteiger partial charge is 0.493 e. The van der Waals surface area contributed by atoms with Crippen molar-refractivity contribution < 1.29 is 23.8 Å². The number of methoxy groups -OCH3 is 1. The second-order valence-corrected chi connectivity index (χ2v) is 7.22. The molecule has 0 aromatic heterocycles. The smallest absolute Gasteiger partial charge is 0.248 e. The zero-order chi connectivity index (χ0) is 21.1. The van der Waals surface area contributed by atoms with Gasteiger partial charge in [0, 0.05) is 30.4 Å². The fourth-order valence-corrected chi connectivity index (χ4v) is 3.68. The Balaban J connectivity index is 1.45. The Labute approximate surface area is 175 Å². The first-order valence-electron chi connectivity index (χ1n) is 9.93. The van der Waals surface area contributed by atoms with Crippen molar-refractivity contribution in [2.24, 2.45) is 0 Å². The van der Waals surface area contributed by atoms with Crippen LogP contribution < -0.4 is 24.4 Å². The van der Waals surface area contributed by atoms with Gasteiger partial charge in [-0.25, -0.2) is 0 Å². The van der Waals surface area contributed by atoms with Crippen LogP contribution in [0.15, 0.2) is 36.4 Å². The average Bonchev–Trinajstić information content (AvgIpc) is 3.17. The van der Waals surface area contributed by atoms with Gasteiger partial charge in [-0.1, -0.05) is 0 Å². The minimum atomic E-state index is -0.256. The van der Waals surface area contributed by atoms with Crippen molar-refractivity contribution in [2.45, 2.75) is 19.8 Å². The van der Waals surface area contributed by atoms with Crippen LogP contribution in [0.5, 0.6) is 17.2 Å². The third-order valence-electron chi connectivity index (χ3n) is 5.11. The second kappa shape index (κ2) is 8.49. The normalized spacial score (nSPS) is 15.5. The molecule has 0 unspecified atom stereocenters. The number of hydrogen-bond donors (Lipinski definition) is 1. The van der Waals surface area contributed by atoms with E-state index >= 15 is 0 Å². The molecule has 2 aromatic rings. The molecule has 7 heteroatoms. The van der Waals surface area contributed by atoms with Crippen molar-refractivity contribution in [3.63, 3.8) is 0 Å². The molecule has 30 heavy (non-hydrogen) atoms. The number of nitrogens with zero attached hydrogens (tertiary/aromatic N) is 1. The molecule has 7 nitrogen and oxygen atoms in total. The van der Waals surface area contributed by atoms with Crippen LogP contribution in [-0.4, -0.2) is 38.7 Å². The Morgan fingerprint density at radius 2 is 2.03 bits per heavy atom. The van der Waals surface area contributed by atoms with Gasteiger partial charge in [0.25, 0.3) is 0 Å². The maximum Gasteiger partial charge on any atom is 0.248 e. The molecule has 0 atom stereocenters. The number of nitrogens with one attached hydrogen (secondary N) is 1. The quantitative estimate of drug-likeness (QED) is 0.766. The number of ether oxygens (including phenoxy) is 3. The molecule has 1 fully saturated rings. The predicted molar refractivity (Wildman–Crippen MR) is 114 cm³/mol. The van der Waals surface area contributed by atoms with E-state index in [9.17, 15) is 9.59 Å². The number of carbonyl (C=O) groups excluding carboxylic acids is 2. The summed E-state index contributed by atoms with van der Waals surface area (Å²) in [5.41, 5.74) is 3.29. The number of aryl methyl sites for hydroxylation is 1. The van der Waals surface area contributed by atoms with Gasteiger partial charge in [-0.2, -0.15) is 0 Å². The van der Waals surface area contributed by atoms with E-state index in [1.165, 1.54) is 6.08 Å². The lowest BCUT2D eigenvalue weighted by atomic mass is 10.1. The summed E-state index contributed by atoms with van der Waals surface area (Å²) in [7, 11) is 1.56. The molecule has 2 aliphatic heterocycles. The van der Waals surface area contributed by atoms with E-state index in [0.29, 0.717) is 42.6 Å². The van der Waals surface area contributed by atoms with Crippen LogP contribution in [0, 0.1) is 6.92 Å². The summed E-state index contributed by atoms with van der Waals surface area (Å²) in [5.74, 6) is 1.64. The van der Waals surface area contributed by atoms with Crippen LogP contribution in [0.4, 0.5) is 11.4 Å². The van der Waals surface area contributed by atoms with Crippen LogP contribution in [0.1, 0.15) is 24.0 Å². The van der Waals surface area contributed by atoms with Crippen molar-refractivity contribution in [3.05, 3.63) is 47.5 Å². The lowest BCUT2D eigenvalue weighted by Gasteiger charge is -2.21. The molecule has 1 N–H and O–H groups in total. The van der Waals surface area contributed by atoms with Crippen LogP contribution in [0.25, 0.3) is 6.08 Å². The summed E-state index contributed by atoms with van der Waals surface area (Å²) in [6, 6.07) is 9.17. The first kappa shape index (κ1) is 19.8. The molecule has 4 rings (SSSR count). The van der Waals surface area contributed by atoms with Gasteiger partial charge in [0.2, 0.25) is 17.6 Å². The van der Waals surface area contributed by atoms with E-state index in [2.05, 4.69) is 5.32 Å². The Bertz CT molecular complexity index is 998. The Morgan fingerprint density at radius 1 is 1.20 bits per heavy atom. The number of fused-ring (bicyclic) bond motifs is 1. The number of rotatable bonds is 5. The zero-order valence-corrected chi connectivity index (χ0v) is 17.1. The fraction of sp³-hybridized carbons (Fsp3) is 0.304. The molecule has 2 aromatic carbocycles. The van der Waals surface area contributed by atoms with Crippen LogP contribution >= 0.6 is 0 Å². The topological polar surface area (TPSA) is 77.1 Å². The second-order valence-electron chi connectivity index (χ2n) is 7.22. The SMILES string of the molecule is COc1cc(C=CC(=O)Nc2ccc(N3CCCC3=O)c(C)c2)cc2c1OCCO2. The predicted octanol–water partition coefficient (Wildman–Crippen LogP) is 3.55. The van der Waals surface area contributed by atoms with Crippen molar-refractivity contribution in [3.8, 4) is 17.2 Å². The highest BCUT2D eigenvalue weighted by atomic mass is 16.6. The molecule has 2 heterocycles. The van der Waals surface area contributed by atoms with E-state index in [1.807, 2.05) is 31.2 Å². The summed E-state index contributed by atoms with van der Waals surface area (Å²) in [5, 5.41) is 2.86. The number of carbonyl (C=O) groups is 2. The summed E-state index contributed by atoms with van der Waals surface area (Å²) < 4.78 is 16.6. The summed E-state index contributed by atoms with van der Waals surface area (Å²) in [4.78, 5) is 26.2. The highest BCUT2D eigenvalue weighted by Crippen LogP contribution is 2.40. The van der Waals surface area contributed by atoms with Gasteiger partial charge < -0.3 is 24.4 Å². The maximum absolute atomic E-state index is 12.4. The van der Waals surface area contributed by atoms with E-state index in [4.69, 9.17) is 14.2 Å². The van der Waals surface area contributed by atoms with Gasteiger partial charge in [-0.15, -0.1) is 0 Å². The molecular weight excluding hydrogens is 384 g/mol. The van der Waals surface area contributed by atoms with Gasteiger partial charge in [-0.05, 0) is 60.9 Å². The molecule has 0 radical (unpaired) electrons. The minimum Gasteiger partial charge on any atom is -0.493 e. The van der Waals surface area contributed by atoms with Crippen molar-refractivity contribution >= 4 is 29.3 Å². The summed E-state index contributed by atoms with van der Waals surface area (Å²) in [6.07, 6.45) is 4.62. The highest BCUT2D eigenvalue weighted by molar-refractivity contribution is 6.02. The zero-order valence-electron chi connectivity index (χ0n) is 17.1. The van der Waals surface area contributed by atoms with Gasteiger partial charge in [-0.3, -0.25) is 9.59 Å². The average molecular weight is 408 g/mol. The van der Waals surface area contributed by atoms with E-state index in [0.717, 1.165) is 29.8 Å².